The molecule has 2 aromatic heterocycles. The van der Waals surface area contributed by atoms with Crippen LogP contribution in [-0.2, 0) is 4.79 Å². The van der Waals surface area contributed by atoms with Gasteiger partial charge >= 0.3 is 0 Å². The molecule has 1 saturated heterocycles. The van der Waals surface area contributed by atoms with E-state index in [1.54, 1.807) is 12.5 Å². The third-order valence-electron chi connectivity index (χ3n) is 5.43. The van der Waals surface area contributed by atoms with Gasteiger partial charge < -0.3 is 9.42 Å². The molecule has 1 amide bonds. The molecule has 28 heavy (non-hydrogen) atoms. The van der Waals surface area contributed by atoms with Crippen molar-refractivity contribution in [1.29, 1.82) is 0 Å². The van der Waals surface area contributed by atoms with Crippen molar-refractivity contribution in [2.45, 2.75) is 38.5 Å². The van der Waals surface area contributed by atoms with Crippen LogP contribution >= 0.6 is 0 Å². The molecular formula is C22H24N4O2. The Morgan fingerprint density at radius 3 is 2.86 bits per heavy atom. The molecule has 144 valence electrons. The van der Waals surface area contributed by atoms with Crippen molar-refractivity contribution in [2.75, 3.05) is 13.1 Å². The minimum Gasteiger partial charge on any atom is -0.356 e. The Labute approximate surface area is 164 Å². The van der Waals surface area contributed by atoms with Crippen LogP contribution in [0.15, 0.2) is 53.4 Å². The number of amides is 1. The van der Waals surface area contributed by atoms with Gasteiger partial charge in [-0.3, -0.25) is 4.79 Å². The number of benzene rings is 1. The summed E-state index contributed by atoms with van der Waals surface area (Å²) in [6, 6.07) is 11.8. The van der Waals surface area contributed by atoms with Crippen LogP contribution in [0.3, 0.4) is 0 Å². The maximum atomic E-state index is 13.1. The van der Waals surface area contributed by atoms with E-state index in [0.29, 0.717) is 12.3 Å². The summed E-state index contributed by atoms with van der Waals surface area (Å²) in [6.45, 7) is 5.32. The van der Waals surface area contributed by atoms with Gasteiger partial charge in [0.15, 0.2) is 5.76 Å². The van der Waals surface area contributed by atoms with Gasteiger partial charge in [-0.2, -0.15) is 0 Å². The summed E-state index contributed by atoms with van der Waals surface area (Å²) < 4.78 is 5.44. The molecule has 0 spiro atoms. The van der Waals surface area contributed by atoms with Gasteiger partial charge in [-0.1, -0.05) is 35.5 Å². The van der Waals surface area contributed by atoms with Gasteiger partial charge in [-0.05, 0) is 32.3 Å². The molecule has 3 aromatic rings. The van der Waals surface area contributed by atoms with E-state index in [1.165, 1.54) is 0 Å². The van der Waals surface area contributed by atoms with Crippen LogP contribution in [0, 0.1) is 6.92 Å². The van der Waals surface area contributed by atoms with Crippen molar-refractivity contribution in [1.82, 2.24) is 20.0 Å². The zero-order valence-corrected chi connectivity index (χ0v) is 16.2. The molecule has 1 aliphatic rings. The molecule has 3 heterocycles. The Balaban J connectivity index is 1.56. The molecule has 1 aliphatic heterocycles. The van der Waals surface area contributed by atoms with E-state index in [2.05, 4.69) is 15.1 Å². The summed E-state index contributed by atoms with van der Waals surface area (Å²) in [7, 11) is 0. The van der Waals surface area contributed by atoms with Crippen LogP contribution in [0.5, 0.6) is 0 Å². The lowest BCUT2D eigenvalue weighted by atomic mass is 9.90. The topological polar surface area (TPSA) is 72.1 Å². The second-order valence-corrected chi connectivity index (χ2v) is 7.41. The summed E-state index contributed by atoms with van der Waals surface area (Å²) in [4.78, 5) is 23.8. The second kappa shape index (κ2) is 7.92. The van der Waals surface area contributed by atoms with E-state index in [0.717, 1.165) is 41.9 Å². The van der Waals surface area contributed by atoms with Crippen molar-refractivity contribution in [3.05, 3.63) is 65.9 Å². The van der Waals surface area contributed by atoms with Crippen LogP contribution in [0.4, 0.5) is 0 Å². The second-order valence-electron chi connectivity index (χ2n) is 7.41. The van der Waals surface area contributed by atoms with Crippen molar-refractivity contribution < 1.29 is 9.32 Å². The van der Waals surface area contributed by atoms with Crippen LogP contribution < -0.4 is 0 Å². The molecule has 6 heteroatoms. The summed E-state index contributed by atoms with van der Waals surface area (Å²) in [6.07, 6.45) is 5.28. The molecule has 1 aromatic carbocycles. The Kier molecular flexibility index (Phi) is 5.19. The number of carbonyl (C=O) groups excluding carboxylic acids is 1. The van der Waals surface area contributed by atoms with E-state index in [4.69, 9.17) is 4.52 Å². The van der Waals surface area contributed by atoms with Crippen molar-refractivity contribution in [2.24, 2.45) is 0 Å². The van der Waals surface area contributed by atoms with Crippen molar-refractivity contribution >= 4 is 5.91 Å². The van der Waals surface area contributed by atoms with Gasteiger partial charge in [-0.15, -0.1) is 0 Å². The molecule has 4 rings (SSSR count). The lowest BCUT2D eigenvalue weighted by Gasteiger charge is -2.34. The van der Waals surface area contributed by atoms with Crippen LogP contribution in [0.25, 0.3) is 11.3 Å². The number of rotatable bonds is 4. The maximum absolute atomic E-state index is 13.1. The van der Waals surface area contributed by atoms with Gasteiger partial charge in [0.05, 0.1) is 22.9 Å². The van der Waals surface area contributed by atoms with E-state index < -0.39 is 0 Å². The van der Waals surface area contributed by atoms with Crippen LogP contribution in [0.1, 0.15) is 48.6 Å². The molecule has 0 radical (unpaired) electrons. The largest absolute Gasteiger partial charge is 0.356 e. The molecule has 0 bridgehead atoms. The van der Waals surface area contributed by atoms with Crippen LogP contribution in [0.2, 0.25) is 0 Å². The predicted molar refractivity (Wildman–Crippen MR) is 106 cm³/mol. The Morgan fingerprint density at radius 1 is 1.29 bits per heavy atom. The first-order valence-electron chi connectivity index (χ1n) is 9.71. The molecule has 0 saturated carbocycles. The molecule has 0 unspecified atom stereocenters. The fraction of sp³-hybridized carbons (Fsp3) is 0.364. The molecular weight excluding hydrogens is 352 g/mol. The summed E-state index contributed by atoms with van der Waals surface area (Å²) >= 11 is 0. The first-order chi connectivity index (χ1) is 13.6. The number of hydrogen-bond donors (Lipinski definition) is 0. The summed E-state index contributed by atoms with van der Waals surface area (Å²) in [5.41, 5.74) is 3.66. The van der Waals surface area contributed by atoms with Crippen molar-refractivity contribution in [3.8, 4) is 11.3 Å². The third kappa shape index (κ3) is 3.67. The summed E-state index contributed by atoms with van der Waals surface area (Å²) in [5, 5.41) is 3.98. The highest BCUT2D eigenvalue weighted by molar-refractivity contribution is 5.83. The van der Waals surface area contributed by atoms with E-state index in [-0.39, 0.29) is 17.7 Å². The van der Waals surface area contributed by atoms with Crippen LogP contribution in [-0.4, -0.2) is 39.0 Å². The number of aromatic nitrogens is 3. The highest BCUT2D eigenvalue weighted by Crippen LogP contribution is 2.33. The first kappa shape index (κ1) is 18.3. The van der Waals surface area contributed by atoms with Gasteiger partial charge in [0.1, 0.15) is 6.33 Å². The van der Waals surface area contributed by atoms with Gasteiger partial charge in [0.25, 0.3) is 0 Å². The monoisotopic (exact) mass is 376 g/mol. The quantitative estimate of drug-likeness (QED) is 0.689. The van der Waals surface area contributed by atoms with E-state index in [1.807, 2.05) is 55.1 Å². The van der Waals surface area contributed by atoms with E-state index in [9.17, 15) is 4.79 Å². The number of hydrogen-bond acceptors (Lipinski definition) is 5. The smallest absolute Gasteiger partial charge is 0.229 e. The van der Waals surface area contributed by atoms with E-state index >= 15 is 0 Å². The number of likely N-dealkylation sites (tertiary alicyclic amines) is 1. The number of aryl methyl sites for hydroxylation is 1. The molecule has 0 aliphatic carbocycles. The SMILES string of the molecule is Cc1cc(-c2cncnc2[C@H]2CCCN(C(=O)[C@H](C)c3ccccc3)C2)on1. The van der Waals surface area contributed by atoms with Crippen molar-refractivity contribution in [3.63, 3.8) is 0 Å². The first-order valence-corrected chi connectivity index (χ1v) is 9.71. The Bertz CT molecular complexity index is 954. The molecule has 2 atom stereocenters. The van der Waals surface area contributed by atoms with Gasteiger partial charge in [0, 0.05) is 31.3 Å². The van der Waals surface area contributed by atoms with Gasteiger partial charge in [-0.25, -0.2) is 9.97 Å². The number of carbonyl (C=O) groups is 1. The Morgan fingerprint density at radius 2 is 2.11 bits per heavy atom. The molecule has 6 nitrogen and oxygen atoms in total. The predicted octanol–water partition coefficient (Wildman–Crippen LogP) is 3.95. The fourth-order valence-corrected chi connectivity index (χ4v) is 3.90. The Hall–Kier alpha value is -3.02. The standard InChI is InChI=1S/C22H24N4O2/c1-15-11-20(28-25-15)19-12-23-14-24-21(19)18-9-6-10-26(13-18)22(27)16(2)17-7-4-3-5-8-17/h3-5,7-8,11-12,14,16,18H,6,9-10,13H2,1-2H3/t16-,18+/m1/s1. The third-order valence-corrected chi connectivity index (χ3v) is 5.43. The summed E-state index contributed by atoms with van der Waals surface area (Å²) in [5.74, 6) is 0.849. The maximum Gasteiger partial charge on any atom is 0.229 e. The highest BCUT2D eigenvalue weighted by Gasteiger charge is 2.30. The minimum atomic E-state index is -0.151. The molecule has 1 fully saturated rings. The zero-order chi connectivity index (χ0) is 19.5. The lowest BCUT2D eigenvalue weighted by molar-refractivity contribution is -0.133. The number of nitrogens with zero attached hydrogens (tertiary/aromatic N) is 4. The molecule has 0 N–H and O–H groups in total. The normalized spacial score (nSPS) is 18.1. The highest BCUT2D eigenvalue weighted by atomic mass is 16.5. The minimum absolute atomic E-state index is 0.151. The zero-order valence-electron chi connectivity index (χ0n) is 16.2. The van der Waals surface area contributed by atoms with Gasteiger partial charge in [0.2, 0.25) is 5.91 Å². The fourth-order valence-electron chi connectivity index (χ4n) is 3.90. The number of piperidine rings is 1. The average molecular weight is 376 g/mol. The lowest BCUT2D eigenvalue weighted by Crippen LogP contribution is -2.41. The average Bonchev–Trinajstić information content (AvgIpc) is 3.19.